The molecule has 1 aromatic heterocycles. The first-order chi connectivity index (χ1) is 15.2. The summed E-state index contributed by atoms with van der Waals surface area (Å²) in [5.41, 5.74) is 2.39. The van der Waals surface area contributed by atoms with Crippen molar-refractivity contribution < 1.29 is 18.3 Å². The fourth-order valence-corrected chi connectivity index (χ4v) is 3.64. The fourth-order valence-electron chi connectivity index (χ4n) is 3.64. The third-order valence-corrected chi connectivity index (χ3v) is 5.23. The Bertz CT molecular complexity index is 969. The molecule has 3 aromatic rings. The molecular formula is C24H26FN3O3. The Hall–Kier alpha value is -3.03. The zero-order valence-electron chi connectivity index (χ0n) is 17.3. The molecule has 6 nitrogen and oxygen atoms in total. The van der Waals surface area contributed by atoms with Crippen LogP contribution in [0.25, 0.3) is 0 Å². The molecule has 1 amide bonds. The van der Waals surface area contributed by atoms with E-state index in [1.165, 1.54) is 18.4 Å². The van der Waals surface area contributed by atoms with Crippen LogP contribution in [0.15, 0.2) is 65.3 Å². The molecule has 162 valence electrons. The summed E-state index contributed by atoms with van der Waals surface area (Å²) in [6, 6.07) is 16.5. The monoisotopic (exact) mass is 423 g/mol. The van der Waals surface area contributed by atoms with Gasteiger partial charge in [-0.05, 0) is 36.1 Å². The maximum Gasteiger partial charge on any atom is 0.273 e. The van der Waals surface area contributed by atoms with Crippen molar-refractivity contribution in [3.8, 4) is 0 Å². The first-order valence-electron chi connectivity index (χ1n) is 10.5. The summed E-state index contributed by atoms with van der Waals surface area (Å²) in [5.74, 6) is -0.0660. The van der Waals surface area contributed by atoms with E-state index in [1.54, 1.807) is 12.1 Å². The Morgan fingerprint density at radius 3 is 2.52 bits per heavy atom. The minimum absolute atomic E-state index is 0.0763. The SMILES string of the molecule is O=C(NC[C@@H]1CCCO1)c1coc(CN(Cc2ccccc2)Cc2ccc(F)cc2)n1. The summed E-state index contributed by atoms with van der Waals surface area (Å²) >= 11 is 0. The molecule has 7 heteroatoms. The molecule has 2 heterocycles. The number of halogens is 1. The largest absolute Gasteiger partial charge is 0.447 e. The topological polar surface area (TPSA) is 67.6 Å². The Morgan fingerprint density at radius 2 is 1.81 bits per heavy atom. The smallest absolute Gasteiger partial charge is 0.273 e. The zero-order valence-corrected chi connectivity index (χ0v) is 17.3. The van der Waals surface area contributed by atoms with Crippen LogP contribution in [-0.4, -0.2) is 35.0 Å². The summed E-state index contributed by atoms with van der Waals surface area (Å²) in [4.78, 5) is 18.9. The summed E-state index contributed by atoms with van der Waals surface area (Å²) in [6.07, 6.45) is 3.45. The number of amides is 1. The minimum Gasteiger partial charge on any atom is -0.447 e. The molecule has 0 radical (unpaired) electrons. The average Bonchev–Trinajstić information content (AvgIpc) is 3.47. The van der Waals surface area contributed by atoms with Crippen molar-refractivity contribution >= 4 is 5.91 Å². The van der Waals surface area contributed by atoms with Gasteiger partial charge in [-0.15, -0.1) is 0 Å². The molecule has 0 bridgehead atoms. The highest BCUT2D eigenvalue weighted by Crippen LogP contribution is 2.15. The zero-order chi connectivity index (χ0) is 21.5. The molecular weight excluding hydrogens is 397 g/mol. The van der Waals surface area contributed by atoms with Crippen LogP contribution in [0.3, 0.4) is 0 Å². The normalized spacial score (nSPS) is 16.0. The van der Waals surface area contributed by atoms with Crippen molar-refractivity contribution in [2.75, 3.05) is 13.2 Å². The van der Waals surface area contributed by atoms with Gasteiger partial charge in [0.25, 0.3) is 5.91 Å². The number of benzene rings is 2. The van der Waals surface area contributed by atoms with Gasteiger partial charge >= 0.3 is 0 Å². The highest BCUT2D eigenvalue weighted by molar-refractivity contribution is 5.91. The molecule has 1 aliphatic heterocycles. The molecule has 31 heavy (non-hydrogen) atoms. The van der Waals surface area contributed by atoms with E-state index in [9.17, 15) is 9.18 Å². The summed E-state index contributed by atoms with van der Waals surface area (Å²) in [6.45, 7) is 2.91. The van der Waals surface area contributed by atoms with Crippen LogP contribution in [0.5, 0.6) is 0 Å². The van der Waals surface area contributed by atoms with Gasteiger partial charge in [0, 0.05) is 26.2 Å². The lowest BCUT2D eigenvalue weighted by atomic mass is 10.1. The predicted molar refractivity (Wildman–Crippen MR) is 114 cm³/mol. The summed E-state index contributed by atoms with van der Waals surface area (Å²) in [5, 5.41) is 2.86. The maximum atomic E-state index is 13.3. The highest BCUT2D eigenvalue weighted by atomic mass is 19.1. The van der Waals surface area contributed by atoms with E-state index in [1.807, 2.05) is 18.2 Å². The van der Waals surface area contributed by atoms with Crippen LogP contribution in [0.4, 0.5) is 4.39 Å². The van der Waals surface area contributed by atoms with Crippen LogP contribution >= 0.6 is 0 Å². The molecule has 1 saturated heterocycles. The van der Waals surface area contributed by atoms with Gasteiger partial charge in [0.15, 0.2) is 5.69 Å². The molecule has 2 aromatic carbocycles. The van der Waals surface area contributed by atoms with Crippen molar-refractivity contribution in [3.05, 3.63) is 89.4 Å². The number of nitrogens with one attached hydrogen (secondary N) is 1. The molecule has 0 aliphatic carbocycles. The molecule has 1 atom stereocenters. The molecule has 1 aliphatic rings. The Kier molecular flexibility index (Phi) is 7.07. The van der Waals surface area contributed by atoms with Crippen molar-refractivity contribution in [2.24, 2.45) is 0 Å². The van der Waals surface area contributed by atoms with Crippen LogP contribution in [0.1, 0.15) is 40.3 Å². The van der Waals surface area contributed by atoms with Crippen molar-refractivity contribution in [2.45, 2.75) is 38.6 Å². The molecule has 1 N–H and O–H groups in total. The maximum absolute atomic E-state index is 13.3. The van der Waals surface area contributed by atoms with E-state index in [0.29, 0.717) is 32.1 Å². The van der Waals surface area contributed by atoms with Gasteiger partial charge in [0.05, 0.1) is 12.6 Å². The van der Waals surface area contributed by atoms with Crippen molar-refractivity contribution in [1.29, 1.82) is 0 Å². The summed E-state index contributed by atoms with van der Waals surface area (Å²) in [7, 11) is 0. The lowest BCUT2D eigenvalue weighted by molar-refractivity contribution is 0.0853. The Balaban J connectivity index is 1.40. The van der Waals surface area contributed by atoms with E-state index >= 15 is 0 Å². The first-order valence-corrected chi connectivity index (χ1v) is 10.5. The number of ether oxygens (including phenoxy) is 1. The Labute approximate surface area is 181 Å². The van der Waals surface area contributed by atoms with Gasteiger partial charge in [-0.1, -0.05) is 42.5 Å². The number of hydrogen-bond acceptors (Lipinski definition) is 5. The van der Waals surface area contributed by atoms with Crippen LogP contribution in [0, 0.1) is 5.82 Å². The lowest BCUT2D eigenvalue weighted by Gasteiger charge is -2.21. The van der Waals surface area contributed by atoms with E-state index in [-0.39, 0.29) is 23.5 Å². The minimum atomic E-state index is -0.265. The fraction of sp³-hybridized carbons (Fsp3) is 0.333. The lowest BCUT2D eigenvalue weighted by Crippen LogP contribution is -2.32. The number of aromatic nitrogens is 1. The molecule has 0 saturated carbocycles. The van der Waals surface area contributed by atoms with Gasteiger partial charge in [-0.3, -0.25) is 9.69 Å². The van der Waals surface area contributed by atoms with E-state index < -0.39 is 0 Å². The second kappa shape index (κ2) is 10.3. The highest BCUT2D eigenvalue weighted by Gasteiger charge is 2.19. The molecule has 1 fully saturated rings. The quantitative estimate of drug-likeness (QED) is 0.565. The number of carbonyl (C=O) groups excluding carboxylic acids is 1. The van der Waals surface area contributed by atoms with E-state index in [2.05, 4.69) is 27.3 Å². The van der Waals surface area contributed by atoms with Crippen molar-refractivity contribution in [1.82, 2.24) is 15.2 Å². The second-order valence-corrected chi connectivity index (χ2v) is 7.73. The van der Waals surface area contributed by atoms with Crippen LogP contribution in [-0.2, 0) is 24.4 Å². The number of carbonyl (C=O) groups is 1. The Morgan fingerprint density at radius 1 is 1.06 bits per heavy atom. The molecule has 4 rings (SSSR count). The first kappa shape index (κ1) is 21.2. The average molecular weight is 423 g/mol. The number of nitrogens with zero attached hydrogens (tertiary/aromatic N) is 2. The van der Waals surface area contributed by atoms with Gasteiger partial charge in [0.1, 0.15) is 12.1 Å². The van der Waals surface area contributed by atoms with Crippen LogP contribution < -0.4 is 5.32 Å². The third kappa shape index (κ3) is 6.23. The summed E-state index contributed by atoms with van der Waals surface area (Å²) < 4.78 is 24.4. The molecule has 0 spiro atoms. The van der Waals surface area contributed by atoms with Gasteiger partial charge in [0.2, 0.25) is 5.89 Å². The predicted octanol–water partition coefficient (Wildman–Crippen LogP) is 3.92. The number of rotatable bonds is 9. The van der Waals surface area contributed by atoms with Gasteiger partial charge in [-0.2, -0.15) is 0 Å². The van der Waals surface area contributed by atoms with Gasteiger partial charge in [-0.25, -0.2) is 9.37 Å². The van der Waals surface area contributed by atoms with Gasteiger partial charge < -0.3 is 14.5 Å². The van der Waals surface area contributed by atoms with E-state index in [0.717, 1.165) is 30.6 Å². The standard InChI is InChI=1S/C24H26FN3O3/c25-20-10-8-19(9-11-20)15-28(14-18-5-2-1-3-6-18)16-23-27-22(17-31-23)24(29)26-13-21-7-4-12-30-21/h1-3,5-6,8-11,17,21H,4,7,12-16H2,(H,26,29)/t21-/m0/s1. The van der Waals surface area contributed by atoms with Crippen molar-refractivity contribution in [3.63, 3.8) is 0 Å². The number of oxazole rings is 1. The number of hydrogen-bond donors (Lipinski definition) is 1. The van der Waals surface area contributed by atoms with Crippen LogP contribution in [0.2, 0.25) is 0 Å². The third-order valence-electron chi connectivity index (χ3n) is 5.23. The van der Waals surface area contributed by atoms with E-state index in [4.69, 9.17) is 9.15 Å². The molecule has 0 unspecified atom stereocenters. The second-order valence-electron chi connectivity index (χ2n) is 7.73.